The molecule has 0 saturated carbocycles. The largest absolute Gasteiger partial charge is 0.313 e. The van der Waals surface area contributed by atoms with Crippen LogP contribution in [0, 0.1) is 29.6 Å². The number of anilines is 2. The molecule has 1 heterocycles. The first kappa shape index (κ1) is 20.4. The van der Waals surface area contributed by atoms with Crippen LogP contribution in [0.15, 0.2) is 48.5 Å². The fourth-order valence-corrected chi connectivity index (χ4v) is 3.91. The molecule has 1 amide bonds. The van der Waals surface area contributed by atoms with Gasteiger partial charge >= 0.3 is 0 Å². The minimum Gasteiger partial charge on any atom is -0.313 e. The molecule has 0 aliphatic carbocycles. The fraction of sp³-hybridized carbons (Fsp3) is 0.143. The zero-order chi connectivity index (χ0) is 20.8. The van der Waals surface area contributed by atoms with Gasteiger partial charge in [-0.25, -0.2) is 4.98 Å². The molecule has 0 spiro atoms. The van der Waals surface area contributed by atoms with Gasteiger partial charge in [-0.2, -0.15) is 10.5 Å². The Labute approximate surface area is 177 Å². The average molecular weight is 420 g/mol. The topological polar surface area (TPSA) is 92.8 Å². The van der Waals surface area contributed by atoms with Crippen molar-refractivity contribution in [2.45, 2.75) is 13.5 Å². The first-order valence-electron chi connectivity index (χ1n) is 8.63. The van der Waals surface area contributed by atoms with E-state index in [-0.39, 0.29) is 5.91 Å². The van der Waals surface area contributed by atoms with Gasteiger partial charge in [0, 0.05) is 16.8 Å². The molecular formula is C21H17N5OS2. The number of amides is 1. The van der Waals surface area contributed by atoms with E-state index in [4.69, 9.17) is 10.5 Å². The maximum atomic E-state index is 12.3. The summed E-state index contributed by atoms with van der Waals surface area (Å²) in [5.41, 5.74) is 3.43. The second kappa shape index (κ2) is 9.24. The standard InChI is InChI=1S/C21H17N5OS2/c1-14-19(20(27)25-28-2)24-21(29-14)26(18-9-7-16(12-23)8-10-18)13-17-5-3-15(11-22)4-6-17/h3-10H,13H2,1-2H3,(H,25,27). The summed E-state index contributed by atoms with van der Waals surface area (Å²) in [5.74, 6) is -0.226. The number of aryl methyl sites for hydroxylation is 1. The van der Waals surface area contributed by atoms with Crippen molar-refractivity contribution < 1.29 is 4.79 Å². The van der Waals surface area contributed by atoms with Crippen LogP contribution in [-0.2, 0) is 6.54 Å². The minimum atomic E-state index is -0.226. The Morgan fingerprint density at radius 3 is 2.24 bits per heavy atom. The van der Waals surface area contributed by atoms with Crippen molar-refractivity contribution in [2.24, 2.45) is 0 Å². The Hall–Kier alpha value is -3.33. The van der Waals surface area contributed by atoms with E-state index in [1.54, 1.807) is 30.5 Å². The van der Waals surface area contributed by atoms with Crippen molar-refractivity contribution in [2.75, 3.05) is 11.2 Å². The first-order chi connectivity index (χ1) is 14.0. The molecule has 0 fully saturated rings. The lowest BCUT2D eigenvalue weighted by Gasteiger charge is -2.22. The Kier molecular flexibility index (Phi) is 6.50. The number of hydrogen-bond acceptors (Lipinski definition) is 7. The van der Waals surface area contributed by atoms with Crippen molar-refractivity contribution in [3.63, 3.8) is 0 Å². The van der Waals surface area contributed by atoms with Gasteiger partial charge in [0.2, 0.25) is 0 Å². The molecule has 3 rings (SSSR count). The second-order valence-electron chi connectivity index (χ2n) is 6.09. The highest BCUT2D eigenvalue weighted by atomic mass is 32.2. The number of aromatic nitrogens is 1. The SMILES string of the molecule is CSNC(=O)c1nc(N(Cc2ccc(C#N)cc2)c2ccc(C#N)cc2)sc1C. The van der Waals surface area contributed by atoms with Gasteiger partial charge in [-0.05, 0) is 48.9 Å². The lowest BCUT2D eigenvalue weighted by molar-refractivity contribution is 0.0980. The maximum absolute atomic E-state index is 12.3. The monoisotopic (exact) mass is 419 g/mol. The van der Waals surface area contributed by atoms with Crippen LogP contribution in [0.4, 0.5) is 10.8 Å². The van der Waals surface area contributed by atoms with Crippen LogP contribution in [0.2, 0.25) is 0 Å². The molecule has 0 saturated heterocycles. The number of rotatable bonds is 6. The smallest absolute Gasteiger partial charge is 0.280 e. The van der Waals surface area contributed by atoms with E-state index in [1.807, 2.05) is 36.1 Å². The molecular weight excluding hydrogens is 402 g/mol. The predicted molar refractivity (Wildman–Crippen MR) is 116 cm³/mol. The summed E-state index contributed by atoms with van der Waals surface area (Å²) in [5, 5.41) is 18.8. The van der Waals surface area contributed by atoms with E-state index < -0.39 is 0 Å². The third kappa shape index (κ3) is 4.75. The lowest BCUT2D eigenvalue weighted by Crippen LogP contribution is -2.19. The van der Waals surface area contributed by atoms with Gasteiger partial charge < -0.3 is 4.90 Å². The van der Waals surface area contributed by atoms with Crippen LogP contribution in [0.3, 0.4) is 0 Å². The van der Waals surface area contributed by atoms with Crippen LogP contribution in [0.5, 0.6) is 0 Å². The van der Waals surface area contributed by atoms with Gasteiger partial charge in [-0.1, -0.05) is 24.1 Å². The molecule has 0 aliphatic heterocycles. The number of hydrogen-bond donors (Lipinski definition) is 1. The number of carbonyl (C=O) groups excluding carboxylic acids is 1. The van der Waals surface area contributed by atoms with E-state index in [1.165, 1.54) is 23.3 Å². The molecule has 0 unspecified atom stereocenters. The molecule has 0 aliphatic rings. The van der Waals surface area contributed by atoms with Crippen LogP contribution in [0.1, 0.15) is 32.1 Å². The number of nitrogens with one attached hydrogen (secondary N) is 1. The van der Waals surface area contributed by atoms with Gasteiger partial charge in [0.25, 0.3) is 5.91 Å². The molecule has 8 heteroatoms. The van der Waals surface area contributed by atoms with Gasteiger partial charge in [0.1, 0.15) is 5.69 Å². The van der Waals surface area contributed by atoms with E-state index in [0.29, 0.717) is 28.5 Å². The number of carbonyl (C=O) groups is 1. The quantitative estimate of drug-likeness (QED) is 0.590. The first-order valence-corrected chi connectivity index (χ1v) is 10.7. The molecule has 1 N–H and O–H groups in total. The molecule has 144 valence electrons. The zero-order valence-electron chi connectivity index (χ0n) is 15.8. The van der Waals surface area contributed by atoms with Crippen molar-refractivity contribution in [3.8, 4) is 12.1 Å². The number of benzene rings is 2. The second-order valence-corrected chi connectivity index (χ2v) is 7.88. The van der Waals surface area contributed by atoms with Crippen molar-refractivity contribution in [3.05, 3.63) is 75.8 Å². The fourth-order valence-electron chi connectivity index (χ4n) is 2.70. The summed E-state index contributed by atoms with van der Waals surface area (Å²) in [6.07, 6.45) is 1.79. The third-order valence-corrected chi connectivity index (χ3v) is 5.54. The highest BCUT2D eigenvalue weighted by molar-refractivity contribution is 7.97. The van der Waals surface area contributed by atoms with Crippen molar-refractivity contribution in [1.82, 2.24) is 9.71 Å². The molecule has 2 aromatic carbocycles. The summed E-state index contributed by atoms with van der Waals surface area (Å²) in [7, 11) is 0. The minimum absolute atomic E-state index is 0.226. The Morgan fingerprint density at radius 1 is 1.10 bits per heavy atom. The highest BCUT2D eigenvalue weighted by Crippen LogP contribution is 2.33. The third-order valence-electron chi connectivity index (χ3n) is 4.16. The van der Waals surface area contributed by atoms with Gasteiger partial charge in [-0.3, -0.25) is 9.52 Å². The van der Waals surface area contributed by atoms with Gasteiger partial charge in [0.05, 0.1) is 29.8 Å². The summed E-state index contributed by atoms with van der Waals surface area (Å²) in [6.45, 7) is 2.38. The Balaban J connectivity index is 2.00. The van der Waals surface area contributed by atoms with Crippen molar-refractivity contribution >= 4 is 40.0 Å². The maximum Gasteiger partial charge on any atom is 0.280 e. The zero-order valence-corrected chi connectivity index (χ0v) is 17.5. The molecule has 3 aromatic rings. The molecule has 0 atom stereocenters. The Morgan fingerprint density at radius 2 is 1.69 bits per heavy atom. The van der Waals surface area contributed by atoms with Crippen LogP contribution < -0.4 is 9.62 Å². The summed E-state index contributed by atoms with van der Waals surface area (Å²) in [6, 6.07) is 18.8. The van der Waals surface area contributed by atoms with Crippen molar-refractivity contribution in [1.29, 1.82) is 10.5 Å². The summed E-state index contributed by atoms with van der Waals surface area (Å²) < 4.78 is 2.71. The molecule has 29 heavy (non-hydrogen) atoms. The molecule has 6 nitrogen and oxygen atoms in total. The molecule has 0 radical (unpaired) electrons. The summed E-state index contributed by atoms with van der Waals surface area (Å²) in [4.78, 5) is 19.7. The molecule has 0 bridgehead atoms. The highest BCUT2D eigenvalue weighted by Gasteiger charge is 2.20. The normalized spacial score (nSPS) is 10.1. The van der Waals surface area contributed by atoms with Crippen LogP contribution in [-0.4, -0.2) is 17.1 Å². The van der Waals surface area contributed by atoms with Gasteiger partial charge in [0.15, 0.2) is 5.13 Å². The van der Waals surface area contributed by atoms with Crippen LogP contribution in [0.25, 0.3) is 0 Å². The van der Waals surface area contributed by atoms with Crippen LogP contribution >= 0.6 is 23.3 Å². The van der Waals surface area contributed by atoms with Gasteiger partial charge in [-0.15, -0.1) is 11.3 Å². The van der Waals surface area contributed by atoms with E-state index in [0.717, 1.165) is 16.1 Å². The Bertz CT molecular complexity index is 1090. The number of nitriles is 2. The number of nitrogens with zero attached hydrogens (tertiary/aromatic N) is 4. The lowest BCUT2D eigenvalue weighted by atomic mass is 10.1. The summed E-state index contributed by atoms with van der Waals surface area (Å²) >= 11 is 2.67. The molecule has 1 aromatic heterocycles. The van der Waals surface area contributed by atoms with E-state index in [2.05, 4.69) is 21.8 Å². The average Bonchev–Trinajstić information content (AvgIpc) is 3.14. The van der Waals surface area contributed by atoms with E-state index >= 15 is 0 Å². The number of thiazole rings is 1. The van der Waals surface area contributed by atoms with E-state index in [9.17, 15) is 4.79 Å². The predicted octanol–water partition coefficient (Wildman–Crippen LogP) is 4.54.